The molecule has 0 amide bonds. The third kappa shape index (κ3) is 1.69. The Hall–Kier alpha value is -0.410. The molecule has 3 heteroatoms. The molecule has 25 heavy (non-hydrogen) atoms. The molecule has 0 N–H and O–H groups in total. The number of carbonyl (C=O) groups excluding carboxylic acids is 1. The van der Waals surface area contributed by atoms with Crippen LogP contribution < -0.4 is 0 Å². The number of ketones is 1. The maximum atomic E-state index is 13.4. The number of carbonyl (C=O) groups is 1. The van der Waals surface area contributed by atoms with Crippen molar-refractivity contribution in [1.29, 1.82) is 0 Å². The minimum Gasteiger partial charge on any atom is -0.298 e. The molecule has 0 aromatic heterocycles. The van der Waals surface area contributed by atoms with Gasteiger partial charge in [-0.05, 0) is 62.2 Å². The lowest BCUT2D eigenvalue weighted by Gasteiger charge is -2.77. The second-order valence-corrected chi connectivity index (χ2v) is 11.1. The third-order valence-electron chi connectivity index (χ3n) is 9.46. The molecule has 0 aromatic rings. The largest absolute Gasteiger partial charge is 0.298 e. The average Bonchev–Trinajstić information content (AvgIpc) is 2.55. The number of piperidine rings is 2. The van der Waals surface area contributed by atoms with E-state index in [4.69, 9.17) is 0 Å². The van der Waals surface area contributed by atoms with E-state index in [1.54, 1.807) is 0 Å². The zero-order valence-electron chi connectivity index (χ0n) is 16.1. The van der Waals surface area contributed by atoms with E-state index in [-0.39, 0.29) is 10.8 Å². The SMILES string of the molecule is CCCCC12CN3CC(C)(CN(C1)C31C3CC4CC(C3)CC1C4)C2=O. The minimum atomic E-state index is -0.0931. The quantitative estimate of drug-likeness (QED) is 0.784. The molecule has 0 radical (unpaired) electrons. The summed E-state index contributed by atoms with van der Waals surface area (Å²) in [6, 6.07) is 0. The topological polar surface area (TPSA) is 23.6 Å². The minimum absolute atomic E-state index is 0.0405. The van der Waals surface area contributed by atoms with Gasteiger partial charge in [-0.25, -0.2) is 0 Å². The molecule has 2 unspecified atom stereocenters. The zero-order valence-corrected chi connectivity index (χ0v) is 16.1. The summed E-state index contributed by atoms with van der Waals surface area (Å²) in [5, 5.41) is 0. The van der Waals surface area contributed by atoms with Crippen molar-refractivity contribution in [2.45, 2.75) is 70.9 Å². The highest BCUT2D eigenvalue weighted by Gasteiger charge is 2.73. The van der Waals surface area contributed by atoms with Crippen LogP contribution in [0.5, 0.6) is 0 Å². The van der Waals surface area contributed by atoms with Crippen LogP contribution in [0, 0.1) is 34.5 Å². The molecule has 4 aliphatic carbocycles. The molecular formula is C22H34N2O. The van der Waals surface area contributed by atoms with Gasteiger partial charge in [0.15, 0.2) is 0 Å². The molecule has 4 heterocycles. The summed E-state index contributed by atoms with van der Waals surface area (Å²) in [4.78, 5) is 19.2. The van der Waals surface area contributed by atoms with Gasteiger partial charge < -0.3 is 0 Å². The molecule has 138 valence electrons. The lowest BCUT2D eigenvalue weighted by molar-refractivity contribution is -0.299. The van der Waals surface area contributed by atoms with Crippen molar-refractivity contribution in [2.24, 2.45) is 34.5 Å². The van der Waals surface area contributed by atoms with Crippen LogP contribution in [-0.2, 0) is 4.79 Å². The number of Topliss-reactive ketones (excluding diaryl/α,β-unsaturated/α-hetero) is 1. The van der Waals surface area contributed by atoms with Gasteiger partial charge >= 0.3 is 0 Å². The lowest BCUT2D eigenvalue weighted by atomic mass is 9.47. The van der Waals surface area contributed by atoms with Crippen LogP contribution in [0.1, 0.15) is 65.2 Å². The molecule has 8 rings (SSSR count). The van der Waals surface area contributed by atoms with Gasteiger partial charge in [0.2, 0.25) is 0 Å². The molecule has 3 nitrogen and oxygen atoms in total. The fraction of sp³-hybridized carbons (Fsp3) is 0.955. The van der Waals surface area contributed by atoms with Crippen molar-refractivity contribution in [3.63, 3.8) is 0 Å². The molecule has 8 aliphatic rings. The van der Waals surface area contributed by atoms with Crippen LogP contribution in [0.2, 0.25) is 0 Å². The second kappa shape index (κ2) is 4.70. The summed E-state index contributed by atoms with van der Waals surface area (Å²) in [7, 11) is 0. The van der Waals surface area contributed by atoms with Crippen molar-refractivity contribution in [3.05, 3.63) is 0 Å². The number of hydrogen-bond donors (Lipinski definition) is 0. The Bertz CT molecular complexity index is 580. The fourth-order valence-electron chi connectivity index (χ4n) is 9.12. The zero-order chi connectivity index (χ0) is 17.0. The molecule has 4 saturated carbocycles. The van der Waals surface area contributed by atoms with E-state index in [0.29, 0.717) is 11.4 Å². The molecule has 0 aromatic carbocycles. The van der Waals surface area contributed by atoms with Crippen molar-refractivity contribution in [2.75, 3.05) is 26.2 Å². The predicted octanol–water partition coefficient (Wildman–Crippen LogP) is 3.54. The van der Waals surface area contributed by atoms with Crippen LogP contribution in [0.25, 0.3) is 0 Å². The van der Waals surface area contributed by atoms with Gasteiger partial charge in [-0.3, -0.25) is 14.6 Å². The standard InChI is InChI=1S/C22H34N2O/c1-3-4-5-21-13-23-11-20(2,19(21)25)12-24(14-21)22(23)17-7-15-6-16(9-17)10-18(22)8-15/h15-18H,3-14H2,1-2H3. The van der Waals surface area contributed by atoms with Gasteiger partial charge in [-0.1, -0.05) is 26.7 Å². The van der Waals surface area contributed by atoms with E-state index in [1.807, 2.05) is 0 Å². The average molecular weight is 343 g/mol. The summed E-state index contributed by atoms with van der Waals surface area (Å²) in [6.07, 6.45) is 11.0. The maximum Gasteiger partial charge on any atom is 0.150 e. The van der Waals surface area contributed by atoms with Crippen molar-refractivity contribution in [1.82, 2.24) is 9.80 Å². The summed E-state index contributed by atoms with van der Waals surface area (Å²) >= 11 is 0. The van der Waals surface area contributed by atoms with Gasteiger partial charge in [0.25, 0.3) is 0 Å². The number of unbranched alkanes of at least 4 members (excludes halogenated alkanes) is 1. The van der Waals surface area contributed by atoms with Crippen molar-refractivity contribution >= 4 is 5.78 Å². The van der Waals surface area contributed by atoms with E-state index in [0.717, 1.165) is 56.3 Å². The predicted molar refractivity (Wildman–Crippen MR) is 98.0 cm³/mol. The lowest BCUT2D eigenvalue weighted by Crippen LogP contribution is -2.88. The highest BCUT2D eigenvalue weighted by molar-refractivity contribution is 5.93. The first-order chi connectivity index (χ1) is 12.0. The van der Waals surface area contributed by atoms with Gasteiger partial charge in [0.05, 0.1) is 16.5 Å². The smallest absolute Gasteiger partial charge is 0.150 e. The third-order valence-corrected chi connectivity index (χ3v) is 9.46. The first-order valence-electron chi connectivity index (χ1n) is 11.1. The monoisotopic (exact) mass is 342 g/mol. The van der Waals surface area contributed by atoms with E-state index in [2.05, 4.69) is 23.6 Å². The second-order valence-electron chi connectivity index (χ2n) is 11.1. The Kier molecular flexibility index (Phi) is 2.94. The Morgan fingerprint density at radius 1 is 0.920 bits per heavy atom. The maximum absolute atomic E-state index is 13.4. The van der Waals surface area contributed by atoms with Gasteiger partial charge in [0, 0.05) is 26.2 Å². The van der Waals surface area contributed by atoms with Crippen LogP contribution >= 0.6 is 0 Å². The van der Waals surface area contributed by atoms with Crippen LogP contribution in [0.4, 0.5) is 0 Å². The first-order valence-corrected chi connectivity index (χ1v) is 11.1. The van der Waals surface area contributed by atoms with E-state index < -0.39 is 0 Å². The normalized spacial score (nSPS) is 60.8. The van der Waals surface area contributed by atoms with E-state index in [1.165, 1.54) is 44.9 Å². The first kappa shape index (κ1) is 15.6. The molecule has 8 fully saturated rings. The van der Waals surface area contributed by atoms with E-state index >= 15 is 0 Å². The molecule has 2 atom stereocenters. The van der Waals surface area contributed by atoms with Crippen molar-refractivity contribution < 1.29 is 4.79 Å². The number of hydrogen-bond acceptors (Lipinski definition) is 3. The van der Waals surface area contributed by atoms with Crippen LogP contribution in [0.3, 0.4) is 0 Å². The highest BCUT2D eigenvalue weighted by Crippen LogP contribution is 2.66. The summed E-state index contributed by atoms with van der Waals surface area (Å²) in [6.45, 7) is 8.83. The van der Waals surface area contributed by atoms with Gasteiger partial charge in [-0.2, -0.15) is 0 Å². The number of rotatable bonds is 3. The van der Waals surface area contributed by atoms with Crippen molar-refractivity contribution in [3.8, 4) is 0 Å². The summed E-state index contributed by atoms with van der Waals surface area (Å²) in [5.41, 5.74) is 0.217. The Morgan fingerprint density at radius 2 is 1.48 bits per heavy atom. The summed E-state index contributed by atoms with van der Waals surface area (Å²) < 4.78 is 0. The van der Waals surface area contributed by atoms with Crippen LogP contribution in [-0.4, -0.2) is 47.4 Å². The van der Waals surface area contributed by atoms with E-state index in [9.17, 15) is 4.79 Å². The van der Waals surface area contributed by atoms with Gasteiger partial charge in [0.1, 0.15) is 5.78 Å². The van der Waals surface area contributed by atoms with Gasteiger partial charge in [-0.15, -0.1) is 0 Å². The molecular weight excluding hydrogens is 308 g/mol. The fourth-order valence-corrected chi connectivity index (χ4v) is 9.12. The Morgan fingerprint density at radius 3 is 2.00 bits per heavy atom. The Balaban J connectivity index is 1.42. The summed E-state index contributed by atoms with van der Waals surface area (Å²) in [5.74, 6) is 4.47. The number of nitrogens with zero attached hydrogens (tertiary/aromatic N) is 2. The molecule has 8 bridgehead atoms. The van der Waals surface area contributed by atoms with Crippen LogP contribution in [0.15, 0.2) is 0 Å². The molecule has 1 spiro atoms. The highest BCUT2D eigenvalue weighted by atomic mass is 16.1. The Labute approximate surface area is 152 Å². The molecule has 4 aliphatic heterocycles. The molecule has 4 saturated heterocycles.